The Morgan fingerprint density at radius 2 is 1.31 bits per heavy atom. The molecule has 8 N–H and O–H groups in total. The van der Waals surface area contributed by atoms with Crippen LogP contribution < -0.4 is 22.9 Å². The Morgan fingerprint density at radius 1 is 1.00 bits per heavy atom. The molecule has 98 valence electrons. The second-order valence-electron chi connectivity index (χ2n) is 4.11. The van der Waals surface area contributed by atoms with E-state index in [0.717, 1.165) is 0 Å². The van der Waals surface area contributed by atoms with Gasteiger partial charge >= 0.3 is 8.80 Å². The van der Waals surface area contributed by atoms with Crippen LogP contribution in [-0.2, 0) is 13.3 Å². The fourth-order valence-electron chi connectivity index (χ4n) is 1.46. The highest BCUT2D eigenvalue weighted by Gasteiger charge is 2.64. The fraction of sp³-hybridized carbons (Fsp3) is 1.00. The summed E-state index contributed by atoms with van der Waals surface area (Å²) in [6.45, 7) is 3.37. The molecule has 0 aromatic rings. The van der Waals surface area contributed by atoms with Gasteiger partial charge in [-0.3, -0.25) is 0 Å². The molecular weight excluding hydrogens is 228 g/mol. The van der Waals surface area contributed by atoms with Gasteiger partial charge in [-0.05, 0) is 13.8 Å². The molecule has 0 fully saturated rings. The van der Waals surface area contributed by atoms with Crippen LogP contribution in [0.3, 0.4) is 0 Å². The van der Waals surface area contributed by atoms with E-state index in [-0.39, 0.29) is 0 Å². The molecule has 2 unspecified atom stereocenters. The van der Waals surface area contributed by atoms with Gasteiger partial charge in [0.1, 0.15) is 0 Å². The molecule has 0 bridgehead atoms. The summed E-state index contributed by atoms with van der Waals surface area (Å²) in [6, 6.07) is -0.449. The highest BCUT2D eigenvalue weighted by atomic mass is 28.4. The van der Waals surface area contributed by atoms with Gasteiger partial charge in [-0.2, -0.15) is 0 Å². The van der Waals surface area contributed by atoms with E-state index in [0.29, 0.717) is 0 Å². The highest BCUT2D eigenvalue weighted by Crippen LogP contribution is 2.26. The van der Waals surface area contributed by atoms with Crippen LogP contribution in [0.15, 0.2) is 0 Å². The van der Waals surface area contributed by atoms with Crippen LogP contribution in [0.4, 0.5) is 0 Å². The number of nitrogens with two attached hydrogens (primary N) is 4. The van der Waals surface area contributed by atoms with E-state index in [9.17, 15) is 0 Å². The van der Waals surface area contributed by atoms with Crippen molar-refractivity contribution in [3.8, 4) is 0 Å². The lowest BCUT2D eigenvalue weighted by atomic mass is 9.92. The second-order valence-corrected chi connectivity index (χ2v) is 7.27. The minimum Gasteiger partial charge on any atom is -0.375 e. The van der Waals surface area contributed by atoms with Crippen molar-refractivity contribution in [3.63, 3.8) is 0 Å². The van der Waals surface area contributed by atoms with E-state index >= 15 is 0 Å². The maximum atomic E-state index is 6.07. The third-order valence-electron chi connectivity index (χ3n) is 3.15. The first kappa shape index (κ1) is 15.9. The predicted octanol–water partition coefficient (Wildman–Crippen LogP) is -1.92. The smallest absolute Gasteiger partial charge is 0.375 e. The van der Waals surface area contributed by atoms with Crippen molar-refractivity contribution in [2.45, 2.75) is 30.7 Å². The zero-order valence-electron chi connectivity index (χ0n) is 10.6. The van der Waals surface area contributed by atoms with E-state index in [2.05, 4.69) is 0 Å². The normalized spacial score (nSPS) is 19.3. The molecule has 0 radical (unpaired) electrons. The first-order chi connectivity index (χ1) is 7.13. The van der Waals surface area contributed by atoms with E-state index in [1.54, 1.807) is 13.8 Å². The Morgan fingerprint density at radius 3 is 1.50 bits per heavy atom. The van der Waals surface area contributed by atoms with Gasteiger partial charge in [0.05, 0.1) is 5.54 Å². The summed E-state index contributed by atoms with van der Waals surface area (Å²) in [6.07, 6.45) is 0. The van der Waals surface area contributed by atoms with Crippen molar-refractivity contribution in [2.75, 3.05) is 21.3 Å². The van der Waals surface area contributed by atoms with E-state index in [4.69, 9.17) is 36.2 Å². The molecule has 0 amide bonds. The Balaban J connectivity index is 5.45. The van der Waals surface area contributed by atoms with Crippen LogP contribution in [0.1, 0.15) is 13.8 Å². The molecule has 0 aromatic carbocycles. The van der Waals surface area contributed by atoms with Crippen molar-refractivity contribution in [1.29, 1.82) is 0 Å². The van der Waals surface area contributed by atoms with Crippen LogP contribution in [0.25, 0.3) is 0 Å². The number of rotatable bonds is 6. The lowest BCUT2D eigenvalue weighted by molar-refractivity contribution is 0.0670. The average Bonchev–Trinajstić information content (AvgIpc) is 2.20. The van der Waals surface area contributed by atoms with Crippen LogP contribution in [0, 0.1) is 0 Å². The second kappa shape index (κ2) is 5.06. The van der Waals surface area contributed by atoms with Gasteiger partial charge in [-0.15, -0.1) is 0 Å². The van der Waals surface area contributed by atoms with Gasteiger partial charge in [-0.1, -0.05) is 0 Å². The molecule has 0 aromatic heterocycles. The maximum Gasteiger partial charge on any atom is 0.538 e. The Hall–Kier alpha value is -0.0631. The molecule has 0 heterocycles. The summed E-state index contributed by atoms with van der Waals surface area (Å²) < 4.78 is 15.7. The summed E-state index contributed by atoms with van der Waals surface area (Å²) in [7, 11) is 0.972. The molecule has 7 nitrogen and oxygen atoms in total. The molecule has 0 saturated carbocycles. The standard InChI is InChI=1S/C8H24N4O3Si/c1-6(9)7(2,10)8(11,12)16(13-3,14-4)15-5/h6H,9-12H2,1-5H3. The SMILES string of the molecule is CO[Si](OC)(OC)C(N)(N)C(C)(N)C(C)N. The topological polar surface area (TPSA) is 132 Å². The van der Waals surface area contributed by atoms with Crippen molar-refractivity contribution in [3.05, 3.63) is 0 Å². The van der Waals surface area contributed by atoms with Crippen molar-refractivity contribution in [1.82, 2.24) is 0 Å². The van der Waals surface area contributed by atoms with Gasteiger partial charge in [0, 0.05) is 27.4 Å². The monoisotopic (exact) mass is 252 g/mol. The molecule has 0 rings (SSSR count). The van der Waals surface area contributed by atoms with Crippen LogP contribution >= 0.6 is 0 Å². The molecule has 2 atom stereocenters. The van der Waals surface area contributed by atoms with Gasteiger partial charge in [0.2, 0.25) is 0 Å². The van der Waals surface area contributed by atoms with Crippen molar-refractivity contribution < 1.29 is 13.3 Å². The van der Waals surface area contributed by atoms with Crippen molar-refractivity contribution in [2.24, 2.45) is 22.9 Å². The average molecular weight is 252 g/mol. The Bertz CT molecular complexity index is 223. The Labute approximate surface area is 97.7 Å². The van der Waals surface area contributed by atoms with E-state index in [1.807, 2.05) is 0 Å². The maximum absolute atomic E-state index is 6.07. The zero-order chi connectivity index (χ0) is 13.2. The Kier molecular flexibility index (Phi) is 5.04. The molecule has 0 spiro atoms. The van der Waals surface area contributed by atoms with Crippen molar-refractivity contribution >= 4 is 8.80 Å². The summed E-state index contributed by atoms with van der Waals surface area (Å²) in [4.78, 5) is 0. The lowest BCUT2D eigenvalue weighted by Gasteiger charge is -2.48. The molecule has 16 heavy (non-hydrogen) atoms. The first-order valence-corrected chi connectivity index (χ1v) is 6.63. The van der Waals surface area contributed by atoms with E-state index < -0.39 is 25.7 Å². The quantitative estimate of drug-likeness (QED) is 0.320. The molecule has 0 saturated heterocycles. The molecule has 0 aliphatic heterocycles. The highest BCUT2D eigenvalue weighted by molar-refractivity contribution is 6.64. The molecule has 8 heteroatoms. The van der Waals surface area contributed by atoms with Gasteiger partial charge in [0.25, 0.3) is 0 Å². The van der Waals surface area contributed by atoms with Gasteiger partial charge in [-0.25, -0.2) is 0 Å². The number of hydrogen-bond acceptors (Lipinski definition) is 7. The van der Waals surface area contributed by atoms with Gasteiger partial charge in [0.15, 0.2) is 5.29 Å². The third kappa shape index (κ3) is 2.15. The summed E-state index contributed by atoms with van der Waals surface area (Å²) in [5, 5.41) is -1.49. The summed E-state index contributed by atoms with van der Waals surface area (Å²) in [5.74, 6) is 0. The molecule has 0 aliphatic rings. The minimum atomic E-state index is -3.29. The lowest BCUT2D eigenvalue weighted by Crippen LogP contribution is -2.87. The number of hydrogen-bond donors (Lipinski definition) is 4. The van der Waals surface area contributed by atoms with Crippen LogP contribution in [0.5, 0.6) is 0 Å². The summed E-state index contributed by atoms with van der Waals surface area (Å²) in [5.41, 5.74) is 22.9. The molecule has 0 aliphatic carbocycles. The predicted molar refractivity (Wildman–Crippen MR) is 64.1 cm³/mol. The summed E-state index contributed by atoms with van der Waals surface area (Å²) >= 11 is 0. The van der Waals surface area contributed by atoms with Crippen LogP contribution in [0.2, 0.25) is 0 Å². The first-order valence-electron chi connectivity index (χ1n) is 4.90. The van der Waals surface area contributed by atoms with Crippen LogP contribution in [-0.4, -0.2) is 47.0 Å². The van der Waals surface area contributed by atoms with Gasteiger partial charge < -0.3 is 36.2 Å². The van der Waals surface area contributed by atoms with E-state index in [1.165, 1.54) is 21.3 Å². The largest absolute Gasteiger partial charge is 0.538 e. The minimum absolute atomic E-state index is 0.449. The zero-order valence-corrected chi connectivity index (χ0v) is 11.6. The molecular formula is C8H24N4O3Si. The third-order valence-corrected chi connectivity index (χ3v) is 6.31. The fourth-order valence-corrected chi connectivity index (χ4v) is 3.86.